The van der Waals surface area contributed by atoms with E-state index in [1.807, 2.05) is 24.3 Å². The summed E-state index contributed by atoms with van der Waals surface area (Å²) in [5.41, 5.74) is 1.78. The predicted molar refractivity (Wildman–Crippen MR) is 67.6 cm³/mol. The minimum Gasteiger partial charge on any atom is -0.508 e. The molecular weight excluding hydrogens is 196 g/mol. The summed E-state index contributed by atoms with van der Waals surface area (Å²) in [6.45, 7) is 4.11. The molecule has 0 bridgehead atoms. The van der Waals surface area contributed by atoms with Crippen molar-refractivity contribution in [3.63, 3.8) is 0 Å². The zero-order valence-electron chi connectivity index (χ0n) is 9.49. The summed E-state index contributed by atoms with van der Waals surface area (Å²) in [5.74, 6) is 3.25. The maximum Gasteiger partial charge on any atom is 0.119 e. The topological polar surface area (TPSA) is 20.2 Å². The van der Waals surface area contributed by atoms with Crippen LogP contribution in [0, 0.1) is 12.3 Å². The van der Waals surface area contributed by atoms with Gasteiger partial charge in [0.05, 0.1) is 0 Å². The number of phenolic OH excluding ortho intramolecular Hbond substituents is 1. The van der Waals surface area contributed by atoms with Gasteiger partial charge in [-0.15, -0.1) is 6.42 Å². The normalized spacial score (nSPS) is 10.6. The Morgan fingerprint density at radius 1 is 1.19 bits per heavy atom. The molecule has 16 heavy (non-hydrogen) atoms. The molecule has 1 N–H and O–H groups in total. The van der Waals surface area contributed by atoms with Crippen LogP contribution in [0.15, 0.2) is 30.3 Å². The zero-order chi connectivity index (χ0) is 11.7. The van der Waals surface area contributed by atoms with Crippen molar-refractivity contribution < 1.29 is 5.11 Å². The third-order valence-corrected chi connectivity index (χ3v) is 2.80. The number of phenols is 1. The van der Waals surface area contributed by atoms with Crippen molar-refractivity contribution in [2.24, 2.45) is 0 Å². The van der Waals surface area contributed by atoms with Crippen LogP contribution in [-0.4, -0.2) is 5.11 Å². The van der Waals surface area contributed by atoms with Crippen molar-refractivity contribution >= 4 is 10.8 Å². The van der Waals surface area contributed by atoms with Gasteiger partial charge in [-0.25, -0.2) is 0 Å². The molecule has 2 aromatic carbocycles. The Balaban J connectivity index is 2.96. The largest absolute Gasteiger partial charge is 0.508 e. The summed E-state index contributed by atoms with van der Waals surface area (Å²) < 4.78 is 0. The molecule has 0 atom stereocenters. The molecule has 0 spiro atoms. The highest BCUT2D eigenvalue weighted by Gasteiger charge is 2.12. The number of terminal acetylenes is 1. The molecule has 0 saturated carbocycles. The second kappa shape index (κ2) is 3.90. The van der Waals surface area contributed by atoms with Crippen molar-refractivity contribution in [3.05, 3.63) is 41.5 Å². The Bertz CT molecular complexity index is 574. The van der Waals surface area contributed by atoms with Gasteiger partial charge in [0.1, 0.15) is 5.75 Å². The highest BCUT2D eigenvalue weighted by molar-refractivity contribution is 5.93. The number of rotatable bonds is 1. The summed E-state index contributed by atoms with van der Waals surface area (Å²) in [6, 6.07) is 9.50. The maximum atomic E-state index is 9.93. The zero-order valence-corrected chi connectivity index (χ0v) is 9.49. The lowest BCUT2D eigenvalue weighted by Gasteiger charge is -2.13. The average Bonchev–Trinajstić information content (AvgIpc) is 2.27. The molecule has 0 aliphatic heterocycles. The van der Waals surface area contributed by atoms with E-state index in [2.05, 4.69) is 19.8 Å². The fraction of sp³-hybridized carbons (Fsp3) is 0.200. The van der Waals surface area contributed by atoms with Gasteiger partial charge in [-0.2, -0.15) is 0 Å². The first-order chi connectivity index (χ1) is 7.65. The van der Waals surface area contributed by atoms with Crippen LogP contribution in [0.1, 0.15) is 30.9 Å². The first kappa shape index (κ1) is 10.6. The smallest absolute Gasteiger partial charge is 0.119 e. The van der Waals surface area contributed by atoms with Gasteiger partial charge in [-0.1, -0.05) is 38.0 Å². The van der Waals surface area contributed by atoms with Gasteiger partial charge in [0, 0.05) is 16.5 Å². The molecule has 2 aromatic rings. The van der Waals surface area contributed by atoms with Crippen molar-refractivity contribution in [3.8, 4) is 18.1 Å². The van der Waals surface area contributed by atoms with E-state index in [4.69, 9.17) is 6.42 Å². The van der Waals surface area contributed by atoms with E-state index in [1.165, 1.54) is 0 Å². The van der Waals surface area contributed by atoms with Crippen molar-refractivity contribution in [1.29, 1.82) is 0 Å². The van der Waals surface area contributed by atoms with Gasteiger partial charge in [0.15, 0.2) is 0 Å². The van der Waals surface area contributed by atoms with Crippen molar-refractivity contribution in [2.45, 2.75) is 19.8 Å². The fourth-order valence-electron chi connectivity index (χ4n) is 2.10. The van der Waals surface area contributed by atoms with E-state index in [0.717, 1.165) is 21.9 Å². The third kappa shape index (κ3) is 1.53. The Morgan fingerprint density at radius 3 is 2.56 bits per heavy atom. The first-order valence-corrected chi connectivity index (χ1v) is 5.36. The highest BCUT2D eigenvalue weighted by atomic mass is 16.3. The van der Waals surface area contributed by atoms with Gasteiger partial charge in [0.2, 0.25) is 0 Å². The number of aromatic hydroxyl groups is 1. The molecule has 0 radical (unpaired) electrons. The molecule has 0 amide bonds. The summed E-state index contributed by atoms with van der Waals surface area (Å²) >= 11 is 0. The Labute approximate surface area is 95.7 Å². The number of hydrogen-bond donors (Lipinski definition) is 1. The van der Waals surface area contributed by atoms with Crippen LogP contribution < -0.4 is 0 Å². The molecule has 0 fully saturated rings. The van der Waals surface area contributed by atoms with Crippen molar-refractivity contribution in [2.75, 3.05) is 0 Å². The van der Waals surface area contributed by atoms with E-state index in [9.17, 15) is 5.11 Å². The SMILES string of the molecule is C#Cc1cccc2ccc(O)c(C(C)C)c12. The second-order valence-electron chi connectivity index (χ2n) is 4.20. The summed E-state index contributed by atoms with van der Waals surface area (Å²) in [4.78, 5) is 0. The lowest BCUT2D eigenvalue weighted by molar-refractivity contribution is 0.466. The molecule has 0 unspecified atom stereocenters. The van der Waals surface area contributed by atoms with E-state index in [-0.39, 0.29) is 5.92 Å². The van der Waals surface area contributed by atoms with Gasteiger partial charge < -0.3 is 5.11 Å². The molecule has 80 valence electrons. The van der Waals surface area contributed by atoms with Crippen LogP contribution in [0.5, 0.6) is 5.75 Å². The van der Waals surface area contributed by atoms with Crippen LogP contribution in [0.3, 0.4) is 0 Å². The maximum absolute atomic E-state index is 9.93. The minimum absolute atomic E-state index is 0.248. The van der Waals surface area contributed by atoms with E-state index < -0.39 is 0 Å². The number of hydrogen-bond acceptors (Lipinski definition) is 1. The summed E-state index contributed by atoms with van der Waals surface area (Å²) in [7, 11) is 0. The molecule has 1 heteroatoms. The van der Waals surface area contributed by atoms with E-state index in [1.54, 1.807) is 6.07 Å². The lowest BCUT2D eigenvalue weighted by Crippen LogP contribution is -1.93. The Morgan fingerprint density at radius 2 is 1.94 bits per heavy atom. The monoisotopic (exact) mass is 210 g/mol. The molecule has 0 heterocycles. The Hall–Kier alpha value is -1.94. The van der Waals surface area contributed by atoms with Gasteiger partial charge in [-0.3, -0.25) is 0 Å². The average molecular weight is 210 g/mol. The molecule has 0 saturated heterocycles. The van der Waals surface area contributed by atoms with Gasteiger partial charge >= 0.3 is 0 Å². The lowest BCUT2D eigenvalue weighted by atomic mass is 9.92. The van der Waals surface area contributed by atoms with Crippen LogP contribution in [-0.2, 0) is 0 Å². The van der Waals surface area contributed by atoms with Crippen LogP contribution >= 0.6 is 0 Å². The standard InChI is InChI=1S/C15H14O/c1-4-11-6-5-7-12-8-9-13(16)14(10(2)3)15(11)12/h1,5-10,16H,2-3H3. The molecule has 0 aliphatic rings. The second-order valence-corrected chi connectivity index (χ2v) is 4.20. The van der Waals surface area contributed by atoms with Crippen LogP contribution in [0.4, 0.5) is 0 Å². The van der Waals surface area contributed by atoms with Crippen LogP contribution in [0.2, 0.25) is 0 Å². The highest BCUT2D eigenvalue weighted by Crippen LogP contribution is 2.34. The summed E-state index contributed by atoms with van der Waals surface area (Å²) in [6.07, 6.45) is 5.50. The third-order valence-electron chi connectivity index (χ3n) is 2.80. The van der Waals surface area contributed by atoms with Crippen molar-refractivity contribution in [1.82, 2.24) is 0 Å². The molecular formula is C15H14O. The summed E-state index contributed by atoms with van der Waals surface area (Å²) in [5, 5.41) is 12.0. The number of benzene rings is 2. The van der Waals surface area contributed by atoms with Gasteiger partial charge in [-0.05, 0) is 23.4 Å². The quantitative estimate of drug-likeness (QED) is 0.712. The molecule has 0 aliphatic carbocycles. The fourth-order valence-corrected chi connectivity index (χ4v) is 2.10. The Kier molecular flexibility index (Phi) is 2.58. The first-order valence-electron chi connectivity index (χ1n) is 5.36. The number of fused-ring (bicyclic) bond motifs is 1. The predicted octanol–water partition coefficient (Wildman–Crippen LogP) is 3.65. The van der Waals surface area contributed by atoms with E-state index >= 15 is 0 Å². The molecule has 2 rings (SSSR count). The van der Waals surface area contributed by atoms with Gasteiger partial charge in [0.25, 0.3) is 0 Å². The molecule has 0 aromatic heterocycles. The minimum atomic E-state index is 0.248. The van der Waals surface area contributed by atoms with E-state index in [0.29, 0.717) is 5.75 Å². The van der Waals surface area contributed by atoms with Crippen LogP contribution in [0.25, 0.3) is 10.8 Å². The molecule has 1 nitrogen and oxygen atoms in total.